The molecule has 0 amide bonds. The highest BCUT2D eigenvalue weighted by Crippen LogP contribution is 2.46. The molecule has 0 atom stereocenters. The fraction of sp³-hybridized carbons (Fsp3) is 0.800. The van der Waals surface area contributed by atoms with Gasteiger partial charge in [-0.1, -0.05) is 6.92 Å². The van der Waals surface area contributed by atoms with Crippen LogP contribution in [0.15, 0.2) is 12.4 Å². The van der Waals surface area contributed by atoms with Crippen molar-refractivity contribution in [2.45, 2.75) is 51.6 Å². The summed E-state index contributed by atoms with van der Waals surface area (Å²) in [5, 5.41) is 0. The van der Waals surface area contributed by atoms with Crippen molar-refractivity contribution in [1.82, 2.24) is 14.5 Å². The Kier molecular flexibility index (Phi) is 3.42. The van der Waals surface area contributed by atoms with Crippen molar-refractivity contribution < 1.29 is 0 Å². The van der Waals surface area contributed by atoms with E-state index in [-0.39, 0.29) is 0 Å². The van der Waals surface area contributed by atoms with Crippen LogP contribution in [-0.4, -0.2) is 34.1 Å². The molecule has 100 valence electrons. The molecular formula is C15H25N3. The smallest absolute Gasteiger partial charge is 0.108 e. The topological polar surface area (TPSA) is 21.1 Å². The number of nitrogens with zero attached hydrogens (tertiary/aromatic N) is 3. The molecule has 0 unspecified atom stereocenters. The summed E-state index contributed by atoms with van der Waals surface area (Å²) in [4.78, 5) is 7.02. The first kappa shape index (κ1) is 12.2. The fourth-order valence-corrected chi connectivity index (χ4v) is 3.25. The predicted octanol–water partition coefficient (Wildman–Crippen LogP) is 2.57. The van der Waals surface area contributed by atoms with E-state index in [0.717, 1.165) is 30.8 Å². The van der Waals surface area contributed by atoms with E-state index >= 15 is 0 Å². The molecule has 0 aromatic carbocycles. The number of imidazole rings is 1. The van der Waals surface area contributed by atoms with Gasteiger partial charge < -0.3 is 9.47 Å². The number of aryl methyl sites for hydroxylation is 1. The van der Waals surface area contributed by atoms with Crippen LogP contribution in [-0.2, 0) is 13.0 Å². The van der Waals surface area contributed by atoms with Gasteiger partial charge in [0.1, 0.15) is 5.82 Å². The second-order valence-electron chi connectivity index (χ2n) is 6.04. The van der Waals surface area contributed by atoms with Crippen molar-refractivity contribution in [3.05, 3.63) is 18.2 Å². The molecule has 2 aliphatic carbocycles. The normalized spacial score (nSPS) is 20.0. The first-order chi connectivity index (χ1) is 8.79. The molecule has 0 radical (unpaired) electrons. The second kappa shape index (κ2) is 5.04. The third-order valence-electron chi connectivity index (χ3n) is 4.53. The molecule has 3 rings (SSSR count). The highest BCUT2D eigenvalue weighted by atomic mass is 15.2. The summed E-state index contributed by atoms with van der Waals surface area (Å²) in [5.74, 6) is 3.24. The Morgan fingerprint density at radius 2 is 2.00 bits per heavy atom. The van der Waals surface area contributed by atoms with Crippen LogP contribution in [0.4, 0.5) is 0 Å². The highest BCUT2D eigenvalue weighted by Gasteiger charge is 2.43. The van der Waals surface area contributed by atoms with Gasteiger partial charge in [0.05, 0.1) is 0 Å². The molecule has 2 saturated carbocycles. The molecule has 2 fully saturated rings. The molecule has 0 spiro atoms. The average molecular weight is 247 g/mol. The van der Waals surface area contributed by atoms with E-state index in [1.165, 1.54) is 38.1 Å². The van der Waals surface area contributed by atoms with E-state index in [2.05, 4.69) is 34.6 Å². The largest absolute Gasteiger partial charge is 0.334 e. The Hall–Kier alpha value is -0.830. The Labute approximate surface area is 110 Å². The summed E-state index contributed by atoms with van der Waals surface area (Å²) >= 11 is 0. The summed E-state index contributed by atoms with van der Waals surface area (Å²) in [6, 6.07) is 0.874. The number of hydrogen-bond acceptors (Lipinski definition) is 2. The summed E-state index contributed by atoms with van der Waals surface area (Å²) in [7, 11) is 2.32. The van der Waals surface area contributed by atoms with Crippen molar-refractivity contribution in [2.75, 3.05) is 13.6 Å². The average Bonchev–Trinajstić information content (AvgIpc) is 3.29. The summed E-state index contributed by atoms with van der Waals surface area (Å²) < 4.78 is 2.31. The zero-order valence-corrected chi connectivity index (χ0v) is 11.7. The number of likely N-dealkylation sites (N-methyl/N-ethyl adjacent to an activating group) is 1. The van der Waals surface area contributed by atoms with Crippen LogP contribution < -0.4 is 0 Å². The van der Waals surface area contributed by atoms with Gasteiger partial charge in [-0.15, -0.1) is 0 Å². The van der Waals surface area contributed by atoms with Crippen molar-refractivity contribution in [2.24, 2.45) is 11.8 Å². The maximum Gasteiger partial charge on any atom is 0.108 e. The van der Waals surface area contributed by atoms with Crippen LogP contribution >= 0.6 is 0 Å². The lowest BCUT2D eigenvalue weighted by Crippen LogP contribution is -2.37. The van der Waals surface area contributed by atoms with Gasteiger partial charge in [0.25, 0.3) is 0 Å². The van der Waals surface area contributed by atoms with Gasteiger partial charge in [0.15, 0.2) is 0 Å². The van der Waals surface area contributed by atoms with Crippen LogP contribution in [0.1, 0.15) is 38.4 Å². The van der Waals surface area contributed by atoms with Gasteiger partial charge in [-0.2, -0.15) is 0 Å². The maximum atomic E-state index is 4.40. The van der Waals surface area contributed by atoms with Crippen molar-refractivity contribution >= 4 is 0 Å². The molecule has 1 heterocycles. The molecule has 3 heteroatoms. The van der Waals surface area contributed by atoms with Gasteiger partial charge >= 0.3 is 0 Å². The van der Waals surface area contributed by atoms with Gasteiger partial charge in [-0.3, -0.25) is 0 Å². The Morgan fingerprint density at radius 3 is 2.56 bits per heavy atom. The van der Waals surface area contributed by atoms with Gasteiger partial charge in [0.2, 0.25) is 0 Å². The molecule has 1 aromatic heterocycles. The lowest BCUT2D eigenvalue weighted by atomic mass is 10.1. The Morgan fingerprint density at radius 1 is 1.33 bits per heavy atom. The monoisotopic (exact) mass is 247 g/mol. The summed E-state index contributed by atoms with van der Waals surface area (Å²) in [6.07, 6.45) is 11.0. The highest BCUT2D eigenvalue weighted by molar-refractivity contribution is 4.97. The number of rotatable bonds is 7. The molecule has 18 heavy (non-hydrogen) atoms. The van der Waals surface area contributed by atoms with E-state index in [1.54, 1.807) is 0 Å². The standard InChI is InChI=1S/C15H25N3/c1-3-14-16-8-9-18(14)11-10-17(2)15(12-4-5-12)13-6-7-13/h8-9,12-13,15H,3-7,10-11H2,1-2H3. The molecule has 0 N–H and O–H groups in total. The molecule has 1 aromatic rings. The zero-order chi connectivity index (χ0) is 12.5. The van der Waals surface area contributed by atoms with Crippen LogP contribution in [0.3, 0.4) is 0 Å². The van der Waals surface area contributed by atoms with Gasteiger partial charge in [0, 0.05) is 37.9 Å². The molecule has 0 aliphatic heterocycles. The number of aromatic nitrogens is 2. The fourth-order valence-electron chi connectivity index (χ4n) is 3.25. The lowest BCUT2D eigenvalue weighted by molar-refractivity contribution is 0.187. The number of hydrogen-bond donors (Lipinski definition) is 0. The molecular weight excluding hydrogens is 222 g/mol. The Bertz CT molecular complexity index is 378. The van der Waals surface area contributed by atoms with E-state index in [4.69, 9.17) is 0 Å². The lowest BCUT2D eigenvalue weighted by Gasteiger charge is -2.28. The minimum absolute atomic E-state index is 0.874. The van der Waals surface area contributed by atoms with Gasteiger partial charge in [-0.25, -0.2) is 4.98 Å². The Balaban J connectivity index is 1.55. The second-order valence-corrected chi connectivity index (χ2v) is 6.04. The molecule has 0 saturated heterocycles. The third-order valence-corrected chi connectivity index (χ3v) is 4.53. The van der Waals surface area contributed by atoms with Crippen molar-refractivity contribution in [3.63, 3.8) is 0 Å². The zero-order valence-electron chi connectivity index (χ0n) is 11.7. The minimum Gasteiger partial charge on any atom is -0.334 e. The van der Waals surface area contributed by atoms with Crippen LogP contribution in [0.2, 0.25) is 0 Å². The van der Waals surface area contributed by atoms with Crippen LogP contribution in [0, 0.1) is 11.8 Å². The van der Waals surface area contributed by atoms with E-state index < -0.39 is 0 Å². The maximum absolute atomic E-state index is 4.40. The van der Waals surface area contributed by atoms with E-state index in [9.17, 15) is 0 Å². The molecule has 0 bridgehead atoms. The summed E-state index contributed by atoms with van der Waals surface area (Å²) in [6.45, 7) is 4.44. The van der Waals surface area contributed by atoms with Crippen LogP contribution in [0.5, 0.6) is 0 Å². The first-order valence-electron chi connectivity index (χ1n) is 7.50. The predicted molar refractivity (Wildman–Crippen MR) is 73.5 cm³/mol. The quantitative estimate of drug-likeness (QED) is 0.738. The molecule has 3 nitrogen and oxygen atoms in total. The van der Waals surface area contributed by atoms with Crippen molar-refractivity contribution in [3.8, 4) is 0 Å². The first-order valence-corrected chi connectivity index (χ1v) is 7.50. The summed E-state index contributed by atoms with van der Waals surface area (Å²) in [5.41, 5.74) is 0. The SMILES string of the molecule is CCc1nccn1CCN(C)C(C1CC1)C1CC1. The van der Waals surface area contributed by atoms with Gasteiger partial charge in [-0.05, 0) is 44.6 Å². The third kappa shape index (κ3) is 2.61. The minimum atomic E-state index is 0.874. The van der Waals surface area contributed by atoms with E-state index in [0.29, 0.717) is 0 Å². The van der Waals surface area contributed by atoms with E-state index in [1.807, 2.05) is 6.20 Å². The van der Waals surface area contributed by atoms with Crippen LogP contribution in [0.25, 0.3) is 0 Å². The van der Waals surface area contributed by atoms with Crippen molar-refractivity contribution in [1.29, 1.82) is 0 Å². The molecule has 2 aliphatic rings.